The molecule has 1 N–H and O–H groups in total. The van der Waals surface area contributed by atoms with E-state index in [-0.39, 0.29) is 0 Å². The van der Waals surface area contributed by atoms with Crippen molar-refractivity contribution in [3.63, 3.8) is 0 Å². The zero-order valence-electron chi connectivity index (χ0n) is 12.3. The molecule has 4 nitrogen and oxygen atoms in total. The number of carboxylic acids is 1. The smallest absolute Gasteiger partial charge is 0.344 e. The standard InChI is InChI=1S/C16H24O4/c1-13-8-10-14(11-9-13)20-15(16(17)18)7-5-3-4-6-12-19-2/h8-11,15H,3-7,12H2,1-2H3,(H,17,18). The van der Waals surface area contributed by atoms with Gasteiger partial charge in [-0.15, -0.1) is 0 Å². The Hall–Kier alpha value is -1.55. The van der Waals surface area contributed by atoms with Crippen LogP contribution in [-0.2, 0) is 9.53 Å². The maximum atomic E-state index is 11.2. The van der Waals surface area contributed by atoms with Crippen molar-refractivity contribution in [2.75, 3.05) is 13.7 Å². The average molecular weight is 280 g/mol. The van der Waals surface area contributed by atoms with Gasteiger partial charge in [-0.2, -0.15) is 0 Å². The molecule has 0 bridgehead atoms. The van der Waals surface area contributed by atoms with Gasteiger partial charge in [-0.3, -0.25) is 0 Å². The van der Waals surface area contributed by atoms with Gasteiger partial charge in [0, 0.05) is 13.7 Å². The fourth-order valence-corrected chi connectivity index (χ4v) is 1.94. The first-order chi connectivity index (χ1) is 9.63. The Morgan fingerprint density at radius 1 is 1.15 bits per heavy atom. The summed E-state index contributed by atoms with van der Waals surface area (Å²) in [7, 11) is 1.69. The lowest BCUT2D eigenvalue weighted by atomic mass is 10.1. The van der Waals surface area contributed by atoms with Crippen molar-refractivity contribution in [2.24, 2.45) is 0 Å². The largest absolute Gasteiger partial charge is 0.479 e. The van der Waals surface area contributed by atoms with E-state index < -0.39 is 12.1 Å². The molecule has 0 spiro atoms. The topological polar surface area (TPSA) is 55.8 Å². The van der Waals surface area contributed by atoms with Crippen LogP contribution in [0.15, 0.2) is 24.3 Å². The number of carboxylic acid groups (broad SMARTS) is 1. The van der Waals surface area contributed by atoms with Crippen LogP contribution in [0.1, 0.15) is 37.7 Å². The predicted molar refractivity (Wildman–Crippen MR) is 78.2 cm³/mol. The number of aliphatic carboxylic acids is 1. The number of aryl methyl sites for hydroxylation is 1. The summed E-state index contributed by atoms with van der Waals surface area (Å²) in [5, 5.41) is 9.18. The van der Waals surface area contributed by atoms with E-state index in [1.807, 2.05) is 31.2 Å². The number of unbranched alkanes of at least 4 members (excludes halogenated alkanes) is 3. The van der Waals surface area contributed by atoms with Crippen LogP contribution in [0.5, 0.6) is 5.75 Å². The predicted octanol–water partition coefficient (Wildman–Crippen LogP) is 3.42. The third-order valence-electron chi connectivity index (χ3n) is 3.14. The van der Waals surface area contributed by atoms with Crippen molar-refractivity contribution in [1.82, 2.24) is 0 Å². The van der Waals surface area contributed by atoms with E-state index in [4.69, 9.17) is 9.47 Å². The molecule has 112 valence electrons. The summed E-state index contributed by atoms with van der Waals surface area (Å²) in [5.41, 5.74) is 1.13. The lowest BCUT2D eigenvalue weighted by molar-refractivity contribution is -0.145. The first-order valence-electron chi connectivity index (χ1n) is 7.08. The molecule has 1 aromatic carbocycles. The van der Waals surface area contributed by atoms with Crippen LogP contribution in [0.3, 0.4) is 0 Å². The van der Waals surface area contributed by atoms with Crippen LogP contribution >= 0.6 is 0 Å². The Bertz CT molecular complexity index is 386. The Labute approximate surface area is 120 Å². The van der Waals surface area contributed by atoms with Gasteiger partial charge in [0.15, 0.2) is 6.10 Å². The monoisotopic (exact) mass is 280 g/mol. The summed E-state index contributed by atoms with van der Waals surface area (Å²) in [5.74, 6) is -0.287. The molecular weight excluding hydrogens is 256 g/mol. The Morgan fingerprint density at radius 2 is 1.80 bits per heavy atom. The van der Waals surface area contributed by atoms with Crippen molar-refractivity contribution in [3.05, 3.63) is 29.8 Å². The molecule has 0 heterocycles. The molecule has 0 fully saturated rings. The van der Waals surface area contributed by atoms with Crippen molar-refractivity contribution in [1.29, 1.82) is 0 Å². The fourth-order valence-electron chi connectivity index (χ4n) is 1.94. The minimum absolute atomic E-state index is 0.538. The van der Waals surface area contributed by atoms with Crippen LogP contribution in [0, 0.1) is 6.92 Å². The summed E-state index contributed by atoms with van der Waals surface area (Å²) >= 11 is 0. The molecule has 0 aliphatic carbocycles. The van der Waals surface area contributed by atoms with Crippen LogP contribution in [0.25, 0.3) is 0 Å². The third-order valence-corrected chi connectivity index (χ3v) is 3.14. The maximum Gasteiger partial charge on any atom is 0.344 e. The van der Waals surface area contributed by atoms with Crippen LogP contribution in [0.4, 0.5) is 0 Å². The first kappa shape index (κ1) is 16.5. The number of carbonyl (C=O) groups is 1. The summed E-state index contributed by atoms with van der Waals surface area (Å²) in [6, 6.07) is 7.45. The summed E-state index contributed by atoms with van der Waals surface area (Å²) in [6.07, 6.45) is 3.71. The number of hydrogen-bond acceptors (Lipinski definition) is 3. The van der Waals surface area contributed by atoms with Gasteiger partial charge in [-0.25, -0.2) is 4.79 Å². The lowest BCUT2D eigenvalue weighted by Gasteiger charge is -2.15. The van der Waals surface area contributed by atoms with Crippen molar-refractivity contribution < 1.29 is 19.4 Å². The summed E-state index contributed by atoms with van der Waals surface area (Å²) in [6.45, 7) is 2.75. The van der Waals surface area contributed by atoms with Crippen molar-refractivity contribution in [2.45, 2.75) is 45.1 Å². The molecule has 1 rings (SSSR count). The normalized spacial score (nSPS) is 12.1. The number of methoxy groups -OCH3 is 1. The number of ether oxygens (including phenoxy) is 2. The molecule has 0 radical (unpaired) electrons. The molecule has 20 heavy (non-hydrogen) atoms. The van der Waals surface area contributed by atoms with Gasteiger partial charge < -0.3 is 14.6 Å². The highest BCUT2D eigenvalue weighted by Gasteiger charge is 2.18. The van der Waals surface area contributed by atoms with Crippen molar-refractivity contribution in [3.8, 4) is 5.75 Å². The maximum absolute atomic E-state index is 11.2. The zero-order chi connectivity index (χ0) is 14.8. The minimum atomic E-state index is -0.900. The Kier molecular flexibility index (Phi) is 7.73. The van der Waals surface area contributed by atoms with Gasteiger partial charge >= 0.3 is 5.97 Å². The molecular formula is C16H24O4. The molecule has 4 heteroatoms. The molecule has 1 atom stereocenters. The minimum Gasteiger partial charge on any atom is -0.479 e. The number of rotatable bonds is 10. The highest BCUT2D eigenvalue weighted by molar-refractivity contribution is 5.72. The van der Waals surface area contributed by atoms with Crippen LogP contribution in [-0.4, -0.2) is 30.9 Å². The molecule has 0 amide bonds. The van der Waals surface area contributed by atoms with E-state index in [1.54, 1.807) is 7.11 Å². The van der Waals surface area contributed by atoms with Gasteiger partial charge in [0.25, 0.3) is 0 Å². The fraction of sp³-hybridized carbons (Fsp3) is 0.562. The lowest BCUT2D eigenvalue weighted by Crippen LogP contribution is -2.26. The van der Waals surface area contributed by atoms with Crippen LogP contribution in [0.2, 0.25) is 0 Å². The molecule has 1 unspecified atom stereocenters. The summed E-state index contributed by atoms with van der Waals surface area (Å²) in [4.78, 5) is 11.2. The van der Waals surface area contributed by atoms with E-state index in [9.17, 15) is 9.90 Å². The van der Waals surface area contributed by atoms with E-state index in [2.05, 4.69) is 0 Å². The number of benzene rings is 1. The second-order valence-corrected chi connectivity index (χ2v) is 4.95. The van der Waals surface area contributed by atoms with E-state index >= 15 is 0 Å². The molecule has 0 aliphatic rings. The quantitative estimate of drug-likeness (QED) is 0.667. The van der Waals surface area contributed by atoms with E-state index in [0.717, 1.165) is 37.9 Å². The van der Waals surface area contributed by atoms with E-state index in [0.29, 0.717) is 12.2 Å². The molecule has 0 aromatic heterocycles. The zero-order valence-corrected chi connectivity index (χ0v) is 12.3. The first-order valence-corrected chi connectivity index (χ1v) is 7.08. The van der Waals surface area contributed by atoms with Gasteiger partial charge in [0.2, 0.25) is 0 Å². The Morgan fingerprint density at radius 3 is 2.40 bits per heavy atom. The highest BCUT2D eigenvalue weighted by Crippen LogP contribution is 2.16. The second kappa shape index (κ2) is 9.37. The average Bonchev–Trinajstić information content (AvgIpc) is 2.43. The van der Waals surface area contributed by atoms with Gasteiger partial charge in [0.1, 0.15) is 5.75 Å². The van der Waals surface area contributed by atoms with Gasteiger partial charge in [0.05, 0.1) is 0 Å². The molecule has 1 aromatic rings. The molecule has 0 saturated heterocycles. The molecule has 0 aliphatic heterocycles. The Balaban J connectivity index is 2.33. The van der Waals surface area contributed by atoms with E-state index in [1.165, 1.54) is 0 Å². The highest BCUT2D eigenvalue weighted by atomic mass is 16.5. The summed E-state index contributed by atoms with van der Waals surface area (Å²) < 4.78 is 10.5. The second-order valence-electron chi connectivity index (χ2n) is 4.95. The van der Waals surface area contributed by atoms with Gasteiger partial charge in [-0.1, -0.05) is 30.5 Å². The molecule has 0 saturated carbocycles. The van der Waals surface area contributed by atoms with Gasteiger partial charge in [-0.05, 0) is 38.3 Å². The van der Waals surface area contributed by atoms with Crippen LogP contribution < -0.4 is 4.74 Å². The third kappa shape index (κ3) is 6.57. The SMILES string of the molecule is COCCCCCCC(Oc1ccc(C)cc1)C(=O)O. The number of hydrogen-bond donors (Lipinski definition) is 1. The van der Waals surface area contributed by atoms with Crippen molar-refractivity contribution >= 4 is 5.97 Å².